The van der Waals surface area contributed by atoms with Crippen molar-refractivity contribution in [3.63, 3.8) is 0 Å². The summed E-state index contributed by atoms with van der Waals surface area (Å²) >= 11 is 8.45. The summed E-state index contributed by atoms with van der Waals surface area (Å²) in [4.78, 5) is 55.5. The number of Topliss-reactive ketones (excluding diaryl/α,β-unsaturated/α-hetero) is 1. The minimum atomic E-state index is -2.14. The van der Waals surface area contributed by atoms with Crippen molar-refractivity contribution in [3.05, 3.63) is 55.2 Å². The molecule has 1 aromatic carbocycles. The van der Waals surface area contributed by atoms with Crippen molar-refractivity contribution in [2.45, 2.75) is 47.1 Å². The Hall–Kier alpha value is -2.46. The number of hydrogen-bond donors (Lipinski definition) is 0. The van der Waals surface area contributed by atoms with Crippen LogP contribution in [0.5, 0.6) is 5.75 Å². The molecule has 0 bridgehead atoms. The van der Waals surface area contributed by atoms with Crippen molar-refractivity contribution in [1.29, 1.82) is 0 Å². The van der Waals surface area contributed by atoms with Gasteiger partial charge in [-0.05, 0) is 57.2 Å². The van der Waals surface area contributed by atoms with Crippen LogP contribution in [0.15, 0.2) is 41.0 Å². The van der Waals surface area contributed by atoms with E-state index in [9.17, 15) is 19.2 Å². The maximum Gasteiger partial charge on any atom is 0.333 e. The van der Waals surface area contributed by atoms with Gasteiger partial charge in [-0.2, -0.15) is 0 Å². The van der Waals surface area contributed by atoms with Crippen molar-refractivity contribution >= 4 is 63.4 Å². The van der Waals surface area contributed by atoms with E-state index in [4.69, 9.17) is 16.3 Å². The van der Waals surface area contributed by atoms with E-state index in [1.807, 2.05) is 41.5 Å². The van der Waals surface area contributed by atoms with Crippen LogP contribution in [0.3, 0.4) is 0 Å². The number of benzene rings is 1. The Labute approximate surface area is 229 Å². The number of nitrogens with zero attached hydrogens (tertiary/aromatic N) is 2. The van der Waals surface area contributed by atoms with Gasteiger partial charge in [0.1, 0.15) is 5.75 Å². The van der Waals surface area contributed by atoms with Crippen LogP contribution in [-0.4, -0.2) is 53.1 Å². The molecule has 4 rings (SSSR count). The van der Waals surface area contributed by atoms with Crippen LogP contribution in [-0.2, 0) is 14.4 Å². The van der Waals surface area contributed by atoms with Gasteiger partial charge in [0.15, 0.2) is 5.78 Å². The molecule has 0 atom stereocenters. The molecular weight excluding hydrogens is 595 g/mol. The summed E-state index contributed by atoms with van der Waals surface area (Å²) in [5, 5.41) is 0.403. The monoisotopic (exact) mass is 622 g/mol. The molecule has 1 spiro atoms. The third-order valence-electron chi connectivity index (χ3n) is 6.69. The van der Waals surface area contributed by atoms with Crippen molar-refractivity contribution in [3.8, 4) is 5.75 Å². The lowest BCUT2D eigenvalue weighted by molar-refractivity contribution is -0.157. The summed E-state index contributed by atoms with van der Waals surface area (Å²) in [5.41, 5.74) is -0.731. The molecule has 2 heterocycles. The number of urea groups is 1. The highest BCUT2D eigenvalue weighted by atomic mass is 127. The van der Waals surface area contributed by atoms with Gasteiger partial charge in [-0.1, -0.05) is 53.1 Å². The fourth-order valence-electron chi connectivity index (χ4n) is 4.72. The third-order valence-corrected chi connectivity index (χ3v) is 8.21. The van der Waals surface area contributed by atoms with E-state index in [2.05, 4.69) is 22.6 Å². The van der Waals surface area contributed by atoms with Gasteiger partial charge in [-0.3, -0.25) is 24.2 Å². The van der Waals surface area contributed by atoms with E-state index in [1.54, 1.807) is 24.3 Å². The molecular formula is C27H28ClIN2O5. The number of fused-ring (bicyclic) bond motifs is 1. The van der Waals surface area contributed by atoms with Gasteiger partial charge in [0.25, 0.3) is 17.4 Å². The molecule has 3 aliphatic rings. The molecule has 4 amide bonds. The highest BCUT2D eigenvalue weighted by Crippen LogP contribution is 2.52. The lowest BCUT2D eigenvalue weighted by atomic mass is 9.70. The van der Waals surface area contributed by atoms with Crippen LogP contribution in [0.4, 0.5) is 4.79 Å². The predicted molar refractivity (Wildman–Crippen MR) is 145 cm³/mol. The summed E-state index contributed by atoms with van der Waals surface area (Å²) in [5.74, 6) is -1.42. The zero-order valence-electron chi connectivity index (χ0n) is 21.5. The number of ketones is 1. The van der Waals surface area contributed by atoms with Crippen LogP contribution >= 0.6 is 34.2 Å². The van der Waals surface area contributed by atoms with Crippen LogP contribution < -0.4 is 4.74 Å². The zero-order valence-corrected chi connectivity index (χ0v) is 24.4. The Kier molecular flexibility index (Phi) is 6.11. The van der Waals surface area contributed by atoms with Crippen LogP contribution in [0, 0.1) is 14.4 Å². The topological polar surface area (TPSA) is 84.0 Å². The Morgan fingerprint density at radius 3 is 1.78 bits per heavy atom. The molecule has 0 saturated carbocycles. The first-order valence-electron chi connectivity index (χ1n) is 11.5. The normalized spacial score (nSPS) is 20.2. The molecule has 1 saturated heterocycles. The number of ether oxygens (including phenoxy) is 1. The first-order chi connectivity index (χ1) is 16.4. The number of rotatable bonds is 0. The molecule has 0 N–H and O–H groups in total. The van der Waals surface area contributed by atoms with E-state index in [0.29, 0.717) is 36.4 Å². The second-order valence-corrected chi connectivity index (χ2v) is 12.9. The van der Waals surface area contributed by atoms with E-state index in [0.717, 1.165) is 9.80 Å². The molecule has 190 valence electrons. The smallest absolute Gasteiger partial charge is 0.333 e. The molecule has 36 heavy (non-hydrogen) atoms. The number of halogens is 2. The Morgan fingerprint density at radius 2 is 1.33 bits per heavy atom. The maximum absolute atomic E-state index is 13.8. The number of allylic oxidation sites excluding steroid dienone is 5. The first-order valence-corrected chi connectivity index (χ1v) is 12.9. The Morgan fingerprint density at radius 1 is 0.861 bits per heavy atom. The van der Waals surface area contributed by atoms with Crippen LogP contribution in [0.2, 0.25) is 5.02 Å². The third kappa shape index (κ3) is 3.75. The number of amides is 4. The van der Waals surface area contributed by atoms with Gasteiger partial charge in [-0.15, -0.1) is 0 Å². The molecule has 2 aliphatic heterocycles. The Bertz CT molecular complexity index is 1300. The minimum absolute atomic E-state index is 0.0797. The van der Waals surface area contributed by atoms with Crippen molar-refractivity contribution < 1.29 is 23.9 Å². The molecule has 0 aromatic heterocycles. The van der Waals surface area contributed by atoms with Gasteiger partial charge in [0, 0.05) is 46.0 Å². The van der Waals surface area contributed by atoms with Gasteiger partial charge < -0.3 is 4.74 Å². The molecule has 1 aromatic rings. The fraction of sp³-hybridized carbons (Fsp3) is 0.407. The summed E-state index contributed by atoms with van der Waals surface area (Å²) in [6.07, 6.45) is 3.48. The number of imide groups is 2. The van der Waals surface area contributed by atoms with Gasteiger partial charge in [0.05, 0.1) is 5.02 Å². The number of hydrogen-bond acceptors (Lipinski definition) is 5. The summed E-state index contributed by atoms with van der Waals surface area (Å²) < 4.78 is 6.90. The van der Waals surface area contributed by atoms with Crippen molar-refractivity contribution in [1.82, 2.24) is 9.80 Å². The molecule has 0 radical (unpaired) electrons. The highest BCUT2D eigenvalue weighted by molar-refractivity contribution is 14.1. The largest absolute Gasteiger partial charge is 0.462 e. The molecule has 1 fully saturated rings. The highest BCUT2D eigenvalue weighted by Gasteiger charge is 2.64. The maximum atomic E-state index is 13.8. The predicted octanol–water partition coefficient (Wildman–Crippen LogP) is 5.41. The van der Waals surface area contributed by atoms with E-state index < -0.39 is 34.3 Å². The first kappa shape index (κ1) is 26.6. The number of likely N-dealkylation sites (N-methyl/N-ethyl adjacent to an activating group) is 2. The second-order valence-electron chi connectivity index (χ2n) is 11.3. The molecule has 7 nitrogen and oxygen atoms in total. The number of carbonyl (C=O) groups is 4. The average Bonchev–Trinajstić information content (AvgIpc) is 3.09. The van der Waals surface area contributed by atoms with Gasteiger partial charge in [-0.25, -0.2) is 4.79 Å². The summed E-state index contributed by atoms with van der Waals surface area (Å²) in [6, 6.07) is 2.59. The second kappa shape index (κ2) is 8.28. The minimum Gasteiger partial charge on any atom is -0.462 e. The number of carbonyl (C=O) groups excluding carboxylic acids is 4. The average molecular weight is 623 g/mol. The van der Waals surface area contributed by atoms with Crippen LogP contribution in [0.25, 0.3) is 5.57 Å². The van der Waals surface area contributed by atoms with E-state index >= 15 is 0 Å². The van der Waals surface area contributed by atoms with Gasteiger partial charge in [0.2, 0.25) is 0 Å². The SMILES string of the molecule is CN1C(=O)N(C)C(=O)C2(Oc3cc(Cl)c(I)cc3C2=C2C=C(C(C)(C)C)C(=O)C(C(C)(C)C)=C2)C1=O. The Balaban J connectivity index is 2.18. The standard InChI is InChI=1S/C27H28ClIN2O5/c1-25(2,3)15-9-13(10-16(21(15)32)26(4,5)6)20-14-11-18(29)17(28)12-19(14)36-27(20)22(33)30(7)24(35)31(8)23(27)34/h9-12H,1-8H3. The van der Waals surface area contributed by atoms with E-state index in [-0.39, 0.29) is 11.5 Å². The summed E-state index contributed by atoms with van der Waals surface area (Å²) in [7, 11) is 2.63. The van der Waals surface area contributed by atoms with Gasteiger partial charge >= 0.3 is 6.03 Å². The quantitative estimate of drug-likeness (QED) is 0.286. The number of barbiturate groups is 1. The van der Waals surface area contributed by atoms with E-state index in [1.165, 1.54) is 14.1 Å². The molecule has 9 heteroatoms. The van der Waals surface area contributed by atoms with Crippen molar-refractivity contribution in [2.75, 3.05) is 14.1 Å². The summed E-state index contributed by atoms with van der Waals surface area (Å²) in [6.45, 7) is 11.7. The lowest BCUT2D eigenvalue weighted by Gasteiger charge is -2.40. The fourth-order valence-corrected chi connectivity index (χ4v) is 5.34. The molecule has 1 aliphatic carbocycles. The molecule has 0 unspecified atom stereocenters. The van der Waals surface area contributed by atoms with Crippen molar-refractivity contribution in [2.24, 2.45) is 10.8 Å². The lowest BCUT2D eigenvalue weighted by Crippen LogP contribution is -2.68. The van der Waals surface area contributed by atoms with Crippen LogP contribution in [0.1, 0.15) is 47.1 Å². The zero-order chi connectivity index (χ0) is 27.1.